The van der Waals surface area contributed by atoms with Gasteiger partial charge >= 0.3 is 5.97 Å². The molecular weight excluding hydrogens is 390 g/mol. The van der Waals surface area contributed by atoms with Gasteiger partial charge in [-0.3, -0.25) is 4.90 Å². The minimum atomic E-state index is -0.915. The maximum Gasteiger partial charge on any atom is 0.337 e. The standard InChI is InChI=1S/C25H29N3O3/c1-4-6-20(7-5-2)28-17-19(15-26-28)16-27-12-10-25(11-13-27)22-14-18(3)8-9-21(22)23(31-25)24(29)30/h4-9,14-15,17,23H,1,10-13,16H2,2-3H3,(H,29,30)/b7-5-,20-6+. The number of allylic oxidation sites excluding steroid dienone is 5. The average Bonchev–Trinajstić information content (AvgIpc) is 3.33. The summed E-state index contributed by atoms with van der Waals surface area (Å²) in [6.45, 7) is 10.3. The van der Waals surface area contributed by atoms with Gasteiger partial charge in [0, 0.05) is 31.4 Å². The molecule has 2 aliphatic heterocycles. The summed E-state index contributed by atoms with van der Waals surface area (Å²) in [4.78, 5) is 14.2. The molecule has 0 amide bonds. The minimum absolute atomic E-state index is 0.503. The minimum Gasteiger partial charge on any atom is -0.479 e. The Morgan fingerprint density at radius 3 is 2.84 bits per heavy atom. The number of likely N-dealkylation sites (tertiary alicyclic amines) is 1. The highest BCUT2D eigenvalue weighted by molar-refractivity contribution is 5.76. The molecule has 162 valence electrons. The van der Waals surface area contributed by atoms with Crippen molar-refractivity contribution in [2.45, 2.75) is 44.9 Å². The smallest absolute Gasteiger partial charge is 0.337 e. The van der Waals surface area contributed by atoms with Gasteiger partial charge in [0.15, 0.2) is 6.10 Å². The Balaban J connectivity index is 1.47. The van der Waals surface area contributed by atoms with Crippen molar-refractivity contribution in [2.75, 3.05) is 13.1 Å². The molecular formula is C25H29N3O3. The summed E-state index contributed by atoms with van der Waals surface area (Å²) in [6, 6.07) is 5.98. The van der Waals surface area contributed by atoms with Crippen LogP contribution in [-0.4, -0.2) is 38.8 Å². The number of hydrogen-bond acceptors (Lipinski definition) is 4. The second-order valence-electron chi connectivity index (χ2n) is 8.32. The van der Waals surface area contributed by atoms with Gasteiger partial charge in [-0.25, -0.2) is 9.48 Å². The summed E-state index contributed by atoms with van der Waals surface area (Å²) in [6.07, 6.45) is 12.3. The number of fused-ring (bicyclic) bond motifs is 2. The fourth-order valence-corrected chi connectivity index (χ4v) is 4.63. The number of nitrogens with zero attached hydrogens (tertiary/aromatic N) is 3. The maximum absolute atomic E-state index is 11.8. The molecule has 6 heteroatoms. The number of ether oxygens (including phenoxy) is 1. The van der Waals surface area contributed by atoms with Crippen molar-refractivity contribution in [2.24, 2.45) is 0 Å². The second-order valence-corrected chi connectivity index (χ2v) is 8.32. The lowest BCUT2D eigenvalue weighted by atomic mass is 9.82. The lowest BCUT2D eigenvalue weighted by molar-refractivity contribution is -0.166. The average molecular weight is 420 g/mol. The Labute approximate surface area is 183 Å². The zero-order valence-electron chi connectivity index (χ0n) is 18.1. The van der Waals surface area contributed by atoms with E-state index in [9.17, 15) is 9.90 Å². The van der Waals surface area contributed by atoms with Gasteiger partial charge in [-0.2, -0.15) is 5.10 Å². The van der Waals surface area contributed by atoms with Crippen molar-refractivity contribution in [3.05, 3.63) is 83.7 Å². The molecule has 1 N–H and O–H groups in total. The third-order valence-corrected chi connectivity index (χ3v) is 6.15. The molecule has 0 bridgehead atoms. The summed E-state index contributed by atoms with van der Waals surface area (Å²) in [5.41, 5.74) is 4.59. The molecule has 4 rings (SSSR count). The van der Waals surface area contributed by atoms with Crippen molar-refractivity contribution in [1.29, 1.82) is 0 Å². The number of rotatable bonds is 6. The number of aromatic nitrogens is 2. The van der Waals surface area contributed by atoms with E-state index in [1.54, 1.807) is 6.08 Å². The van der Waals surface area contributed by atoms with E-state index in [2.05, 4.69) is 22.6 Å². The number of carboxylic acids is 1. The van der Waals surface area contributed by atoms with Crippen LogP contribution in [0.2, 0.25) is 0 Å². The number of hydrogen-bond donors (Lipinski definition) is 1. The first-order valence-electron chi connectivity index (χ1n) is 10.7. The Hall–Kier alpha value is -2.96. The Morgan fingerprint density at radius 1 is 1.39 bits per heavy atom. The molecule has 1 atom stereocenters. The maximum atomic E-state index is 11.8. The number of aliphatic carboxylic acids is 1. The number of carbonyl (C=O) groups is 1. The quantitative estimate of drug-likeness (QED) is 0.701. The van der Waals surface area contributed by atoms with E-state index < -0.39 is 17.7 Å². The molecule has 0 saturated carbocycles. The number of carboxylic acid groups (broad SMARTS) is 1. The van der Waals surface area contributed by atoms with Crippen LogP contribution in [0.1, 0.15) is 48.1 Å². The van der Waals surface area contributed by atoms with Gasteiger partial charge in [0.05, 0.1) is 17.5 Å². The Morgan fingerprint density at radius 2 is 2.16 bits per heavy atom. The van der Waals surface area contributed by atoms with Crippen LogP contribution in [0.3, 0.4) is 0 Å². The number of benzene rings is 1. The van der Waals surface area contributed by atoms with Crippen molar-refractivity contribution in [3.63, 3.8) is 0 Å². The molecule has 1 aromatic carbocycles. The van der Waals surface area contributed by atoms with Crippen molar-refractivity contribution in [3.8, 4) is 0 Å². The van der Waals surface area contributed by atoms with Crippen LogP contribution >= 0.6 is 0 Å². The van der Waals surface area contributed by atoms with E-state index in [-0.39, 0.29) is 0 Å². The first-order chi connectivity index (χ1) is 15.0. The Kier molecular flexibility index (Phi) is 5.94. The van der Waals surface area contributed by atoms with Crippen LogP contribution in [0.5, 0.6) is 0 Å². The molecule has 1 unspecified atom stereocenters. The largest absolute Gasteiger partial charge is 0.479 e. The van der Waals surface area contributed by atoms with E-state index in [1.807, 2.05) is 61.3 Å². The van der Waals surface area contributed by atoms with Crippen LogP contribution in [0.15, 0.2) is 61.5 Å². The van der Waals surface area contributed by atoms with Crippen molar-refractivity contribution >= 4 is 11.7 Å². The third-order valence-electron chi connectivity index (χ3n) is 6.15. The summed E-state index contributed by atoms with van der Waals surface area (Å²) < 4.78 is 8.06. The van der Waals surface area contributed by atoms with E-state index in [0.29, 0.717) is 0 Å². The Bertz CT molecular complexity index is 1040. The molecule has 1 spiro atoms. The molecule has 2 aliphatic rings. The molecule has 0 aliphatic carbocycles. The lowest BCUT2D eigenvalue weighted by Crippen LogP contribution is -2.42. The molecule has 31 heavy (non-hydrogen) atoms. The molecule has 1 saturated heterocycles. The second kappa shape index (κ2) is 8.65. The molecule has 2 aromatic rings. The number of piperidine rings is 1. The van der Waals surface area contributed by atoms with Gasteiger partial charge in [0.25, 0.3) is 0 Å². The van der Waals surface area contributed by atoms with Crippen molar-refractivity contribution in [1.82, 2.24) is 14.7 Å². The van der Waals surface area contributed by atoms with Gasteiger partial charge in [-0.05, 0) is 50.0 Å². The normalized spacial score (nSPS) is 21.0. The van der Waals surface area contributed by atoms with Crippen LogP contribution < -0.4 is 0 Å². The van der Waals surface area contributed by atoms with Gasteiger partial charge in [-0.15, -0.1) is 0 Å². The lowest BCUT2D eigenvalue weighted by Gasteiger charge is -2.39. The van der Waals surface area contributed by atoms with Gasteiger partial charge in [0.2, 0.25) is 0 Å². The van der Waals surface area contributed by atoms with Gasteiger partial charge < -0.3 is 9.84 Å². The zero-order chi connectivity index (χ0) is 22.0. The molecule has 3 heterocycles. The van der Waals surface area contributed by atoms with E-state index in [4.69, 9.17) is 4.74 Å². The highest BCUT2D eigenvalue weighted by atomic mass is 16.5. The van der Waals surface area contributed by atoms with Crippen LogP contribution in [0, 0.1) is 6.92 Å². The number of aryl methyl sites for hydroxylation is 1. The highest BCUT2D eigenvalue weighted by Gasteiger charge is 2.49. The summed E-state index contributed by atoms with van der Waals surface area (Å²) in [5.74, 6) is -0.915. The first-order valence-corrected chi connectivity index (χ1v) is 10.7. The van der Waals surface area contributed by atoms with Crippen LogP contribution in [0.4, 0.5) is 0 Å². The monoisotopic (exact) mass is 419 g/mol. The van der Waals surface area contributed by atoms with Gasteiger partial charge in [-0.1, -0.05) is 42.5 Å². The summed E-state index contributed by atoms with van der Waals surface area (Å²) in [5, 5.41) is 14.1. The van der Waals surface area contributed by atoms with E-state index in [0.717, 1.165) is 60.4 Å². The van der Waals surface area contributed by atoms with Crippen LogP contribution in [0.25, 0.3) is 5.70 Å². The molecule has 1 aromatic heterocycles. The summed E-state index contributed by atoms with van der Waals surface area (Å²) >= 11 is 0. The van der Waals surface area contributed by atoms with E-state index in [1.165, 1.54) is 0 Å². The molecule has 6 nitrogen and oxygen atoms in total. The summed E-state index contributed by atoms with van der Waals surface area (Å²) in [7, 11) is 0. The molecule has 1 fully saturated rings. The first kappa shape index (κ1) is 21.3. The molecule has 0 radical (unpaired) electrons. The third kappa shape index (κ3) is 4.13. The predicted octanol–water partition coefficient (Wildman–Crippen LogP) is 4.44. The fraction of sp³-hybridized carbons (Fsp3) is 0.360. The van der Waals surface area contributed by atoms with E-state index >= 15 is 0 Å². The predicted molar refractivity (Wildman–Crippen MR) is 120 cm³/mol. The topological polar surface area (TPSA) is 67.6 Å². The zero-order valence-corrected chi connectivity index (χ0v) is 18.1. The fourth-order valence-electron chi connectivity index (χ4n) is 4.63. The van der Waals surface area contributed by atoms with Crippen molar-refractivity contribution < 1.29 is 14.6 Å². The van der Waals surface area contributed by atoms with Gasteiger partial charge in [0.1, 0.15) is 0 Å². The SMILES string of the molecule is C=C/C=C(\C=C/C)n1cc(CN2CCC3(CC2)OC(C(=O)O)c2ccc(C)cc23)cn1. The highest BCUT2D eigenvalue weighted by Crippen LogP contribution is 2.49. The van der Waals surface area contributed by atoms with Crippen LogP contribution in [-0.2, 0) is 21.7 Å².